The van der Waals surface area contributed by atoms with Crippen molar-refractivity contribution in [2.75, 3.05) is 0 Å². The lowest BCUT2D eigenvalue weighted by Gasteiger charge is -2.06. The zero-order chi connectivity index (χ0) is 20.0. The molecule has 0 aliphatic rings. The second-order valence-electron chi connectivity index (χ2n) is 6.59. The number of fused-ring (bicyclic) bond motifs is 2. The zero-order valence-corrected chi connectivity index (χ0v) is 15.0. The van der Waals surface area contributed by atoms with Gasteiger partial charge in [0.1, 0.15) is 5.52 Å². The van der Waals surface area contributed by atoms with Gasteiger partial charge in [0, 0.05) is 6.20 Å². The van der Waals surface area contributed by atoms with Crippen molar-refractivity contribution in [2.24, 2.45) is 0 Å². The first-order valence-electron chi connectivity index (χ1n) is 8.80. The van der Waals surface area contributed by atoms with Gasteiger partial charge in [0.05, 0.1) is 24.5 Å². The number of carboxylic acids is 1. The van der Waals surface area contributed by atoms with E-state index in [1.165, 1.54) is 23.3 Å². The third kappa shape index (κ3) is 2.94. The molecule has 0 unspecified atom stereocenters. The Kier molecular flexibility index (Phi) is 3.73. The highest BCUT2D eigenvalue weighted by atomic mass is 16.4. The molecule has 0 radical (unpaired) electrons. The molecule has 0 fully saturated rings. The van der Waals surface area contributed by atoms with Gasteiger partial charge < -0.3 is 5.11 Å². The van der Waals surface area contributed by atoms with Crippen LogP contribution in [0.3, 0.4) is 0 Å². The number of rotatable bonds is 4. The van der Waals surface area contributed by atoms with Gasteiger partial charge in [0.15, 0.2) is 5.52 Å². The Balaban J connectivity index is 1.53. The molecule has 29 heavy (non-hydrogen) atoms. The van der Waals surface area contributed by atoms with E-state index >= 15 is 0 Å². The van der Waals surface area contributed by atoms with E-state index < -0.39 is 5.97 Å². The Hall–Kier alpha value is -4.27. The Bertz CT molecular complexity index is 1450. The van der Waals surface area contributed by atoms with Crippen molar-refractivity contribution in [1.29, 1.82) is 0 Å². The highest BCUT2D eigenvalue weighted by molar-refractivity contribution is 5.87. The number of H-pyrrole nitrogens is 1. The molecule has 0 saturated carbocycles. The molecule has 0 bridgehead atoms. The fourth-order valence-electron chi connectivity index (χ4n) is 3.28. The van der Waals surface area contributed by atoms with Crippen LogP contribution in [0.1, 0.15) is 15.9 Å². The van der Waals surface area contributed by atoms with Gasteiger partial charge in [-0.05, 0) is 22.4 Å². The number of aromatic carboxylic acids is 1. The monoisotopic (exact) mass is 386 g/mol. The molecular formula is C20H14N6O3. The molecule has 9 heteroatoms. The third-order valence-electron chi connectivity index (χ3n) is 4.68. The Morgan fingerprint density at radius 2 is 1.90 bits per heavy atom. The maximum Gasteiger partial charge on any atom is 0.338 e. The van der Waals surface area contributed by atoms with E-state index in [1.807, 2.05) is 36.4 Å². The fourth-order valence-corrected chi connectivity index (χ4v) is 3.28. The molecule has 0 saturated heterocycles. The summed E-state index contributed by atoms with van der Waals surface area (Å²) in [5, 5.41) is 19.5. The Morgan fingerprint density at radius 1 is 1.07 bits per heavy atom. The first-order chi connectivity index (χ1) is 14.1. The smallest absolute Gasteiger partial charge is 0.338 e. The minimum absolute atomic E-state index is 0.000236. The van der Waals surface area contributed by atoms with E-state index in [9.17, 15) is 9.59 Å². The molecule has 3 aromatic heterocycles. The number of carboxylic acid groups (broad SMARTS) is 1. The zero-order valence-electron chi connectivity index (χ0n) is 15.0. The van der Waals surface area contributed by atoms with Gasteiger partial charge in [-0.15, -0.1) is 0 Å². The standard InChI is InChI=1S/C20H14N6O3/c27-18-17-16(23-20(24-18)26-11-15(8-21-26)19(28)29)9-22-25(17)10-12-5-6-13-3-1-2-4-14(13)7-12/h1-9,11H,10H2,(H,28,29)(H,23,24,27). The molecule has 3 heterocycles. The van der Waals surface area contributed by atoms with Crippen LogP contribution < -0.4 is 5.56 Å². The van der Waals surface area contributed by atoms with E-state index in [4.69, 9.17) is 5.11 Å². The molecule has 2 N–H and O–H groups in total. The molecule has 5 rings (SSSR count). The van der Waals surface area contributed by atoms with Gasteiger partial charge in [-0.2, -0.15) is 10.2 Å². The van der Waals surface area contributed by atoms with Gasteiger partial charge in [0.2, 0.25) is 5.95 Å². The van der Waals surface area contributed by atoms with Crippen molar-refractivity contribution in [3.63, 3.8) is 0 Å². The predicted molar refractivity (Wildman–Crippen MR) is 105 cm³/mol. The summed E-state index contributed by atoms with van der Waals surface area (Å²) in [6.45, 7) is 0.420. The summed E-state index contributed by atoms with van der Waals surface area (Å²) in [5.41, 5.74) is 1.37. The van der Waals surface area contributed by atoms with Crippen LogP contribution in [0.4, 0.5) is 0 Å². The minimum Gasteiger partial charge on any atom is -0.478 e. The van der Waals surface area contributed by atoms with E-state index in [-0.39, 0.29) is 17.1 Å². The van der Waals surface area contributed by atoms with Crippen molar-refractivity contribution in [3.8, 4) is 5.95 Å². The number of benzene rings is 2. The summed E-state index contributed by atoms with van der Waals surface area (Å²) in [7, 11) is 0. The number of nitrogens with one attached hydrogen (secondary N) is 1. The molecule has 0 atom stereocenters. The van der Waals surface area contributed by atoms with Crippen molar-refractivity contribution in [3.05, 3.63) is 82.5 Å². The van der Waals surface area contributed by atoms with Crippen LogP contribution in [0.5, 0.6) is 0 Å². The Morgan fingerprint density at radius 3 is 2.69 bits per heavy atom. The Labute approximate surface area is 162 Å². The maximum absolute atomic E-state index is 12.7. The number of carbonyl (C=O) groups is 1. The van der Waals surface area contributed by atoms with Gasteiger partial charge in [-0.25, -0.2) is 14.5 Å². The van der Waals surface area contributed by atoms with Crippen molar-refractivity contribution < 1.29 is 9.90 Å². The lowest BCUT2D eigenvalue weighted by atomic mass is 10.1. The summed E-state index contributed by atoms with van der Waals surface area (Å²) in [6, 6.07) is 14.2. The first-order valence-corrected chi connectivity index (χ1v) is 8.80. The molecule has 0 amide bonds. The number of aromatic amines is 1. The van der Waals surface area contributed by atoms with E-state index in [1.54, 1.807) is 4.68 Å². The summed E-state index contributed by atoms with van der Waals surface area (Å²) in [6.07, 6.45) is 3.98. The fraction of sp³-hybridized carbons (Fsp3) is 0.0500. The molecule has 0 spiro atoms. The van der Waals surface area contributed by atoms with Crippen LogP contribution in [-0.4, -0.2) is 40.6 Å². The molecule has 2 aromatic carbocycles. The quantitative estimate of drug-likeness (QED) is 0.489. The highest BCUT2D eigenvalue weighted by Gasteiger charge is 2.14. The van der Waals surface area contributed by atoms with Crippen molar-refractivity contribution in [2.45, 2.75) is 6.54 Å². The molecule has 0 aliphatic carbocycles. The highest BCUT2D eigenvalue weighted by Crippen LogP contribution is 2.17. The number of hydrogen-bond donors (Lipinski definition) is 2. The third-order valence-corrected chi connectivity index (χ3v) is 4.68. The SMILES string of the molecule is O=C(O)c1cnn(-c2nc3cnn(Cc4ccc5ccccc5c4)c3c(=O)[nH]2)c1. The van der Waals surface area contributed by atoms with Crippen LogP contribution in [-0.2, 0) is 6.54 Å². The second kappa shape index (κ2) is 6.41. The van der Waals surface area contributed by atoms with Crippen LogP contribution in [0, 0.1) is 0 Å². The van der Waals surface area contributed by atoms with Crippen LogP contribution in [0.25, 0.3) is 27.8 Å². The van der Waals surface area contributed by atoms with Gasteiger partial charge >= 0.3 is 5.97 Å². The topological polar surface area (TPSA) is 119 Å². The van der Waals surface area contributed by atoms with Gasteiger partial charge in [-0.1, -0.05) is 36.4 Å². The van der Waals surface area contributed by atoms with Crippen LogP contribution in [0.2, 0.25) is 0 Å². The average molecular weight is 386 g/mol. The summed E-state index contributed by atoms with van der Waals surface area (Å²) >= 11 is 0. The normalized spacial score (nSPS) is 11.3. The molecule has 5 aromatic rings. The largest absolute Gasteiger partial charge is 0.478 e. The molecule has 142 valence electrons. The number of aromatic nitrogens is 6. The minimum atomic E-state index is -1.11. The van der Waals surface area contributed by atoms with E-state index in [0.29, 0.717) is 17.6 Å². The molecular weight excluding hydrogens is 372 g/mol. The van der Waals surface area contributed by atoms with Crippen molar-refractivity contribution in [1.82, 2.24) is 29.5 Å². The lowest BCUT2D eigenvalue weighted by Crippen LogP contribution is -2.17. The van der Waals surface area contributed by atoms with Crippen LogP contribution >= 0.6 is 0 Å². The lowest BCUT2D eigenvalue weighted by molar-refractivity contribution is 0.0697. The number of hydrogen-bond acceptors (Lipinski definition) is 5. The van der Waals surface area contributed by atoms with Gasteiger partial charge in [-0.3, -0.25) is 14.5 Å². The average Bonchev–Trinajstić information content (AvgIpc) is 3.36. The van der Waals surface area contributed by atoms with Crippen molar-refractivity contribution >= 4 is 27.8 Å². The molecule has 9 nitrogen and oxygen atoms in total. The number of nitrogens with zero attached hydrogens (tertiary/aromatic N) is 5. The summed E-state index contributed by atoms with van der Waals surface area (Å²) in [5.74, 6) is -0.983. The first kappa shape index (κ1) is 16.9. The van der Waals surface area contributed by atoms with E-state index in [2.05, 4.69) is 26.2 Å². The van der Waals surface area contributed by atoms with Crippen LogP contribution in [0.15, 0.2) is 65.8 Å². The van der Waals surface area contributed by atoms with E-state index in [0.717, 1.165) is 16.3 Å². The maximum atomic E-state index is 12.7. The predicted octanol–water partition coefficient (Wildman–Crippen LogP) is 2.21. The summed E-state index contributed by atoms with van der Waals surface area (Å²) in [4.78, 5) is 30.7. The molecule has 0 aliphatic heterocycles. The van der Waals surface area contributed by atoms with Gasteiger partial charge in [0.25, 0.3) is 5.56 Å². The second-order valence-corrected chi connectivity index (χ2v) is 6.59. The summed E-state index contributed by atoms with van der Waals surface area (Å²) < 4.78 is 2.81.